The number of aliphatic hydroxyl groups is 1. The molecule has 4 rings (SSSR count). The first-order valence-corrected chi connectivity index (χ1v) is 9.95. The number of fused-ring (bicyclic) bond motifs is 1. The van der Waals surface area contributed by atoms with Gasteiger partial charge in [-0.25, -0.2) is 5.43 Å². The van der Waals surface area contributed by atoms with Gasteiger partial charge in [-0.05, 0) is 49.4 Å². The zero-order valence-corrected chi connectivity index (χ0v) is 16.8. The number of likely N-dealkylation sites (tertiary alicyclic amines) is 1. The van der Waals surface area contributed by atoms with Gasteiger partial charge >= 0.3 is 0 Å². The Balaban J connectivity index is 0.00000210. The van der Waals surface area contributed by atoms with E-state index in [9.17, 15) is 9.90 Å². The fraction of sp³-hybridized carbons (Fsp3) is 0.632. The maximum atomic E-state index is 13.0. The van der Waals surface area contributed by atoms with Crippen molar-refractivity contribution in [3.8, 4) is 0 Å². The summed E-state index contributed by atoms with van der Waals surface area (Å²) in [6.45, 7) is 3.30. The monoisotopic (exact) mass is 414 g/mol. The van der Waals surface area contributed by atoms with Gasteiger partial charge in [-0.1, -0.05) is 23.7 Å². The number of benzene rings is 1. The maximum Gasteiger partial charge on any atom is 0.241 e. The van der Waals surface area contributed by atoms with Crippen molar-refractivity contribution in [2.45, 2.75) is 37.5 Å². The van der Waals surface area contributed by atoms with Gasteiger partial charge in [0.1, 0.15) is 6.04 Å². The number of halogens is 2. The summed E-state index contributed by atoms with van der Waals surface area (Å²) in [6.07, 6.45) is 2.20. The molecule has 0 aromatic heterocycles. The molecule has 1 aromatic rings. The molecule has 1 aromatic carbocycles. The number of hydrogen-bond donors (Lipinski definition) is 4. The summed E-state index contributed by atoms with van der Waals surface area (Å²) in [4.78, 5) is 14.9. The predicted octanol–water partition coefficient (Wildman–Crippen LogP) is 1.49. The lowest BCUT2D eigenvalue weighted by atomic mass is 9.86. The second-order valence-electron chi connectivity index (χ2n) is 7.69. The van der Waals surface area contributed by atoms with Crippen LogP contribution < -0.4 is 16.2 Å². The highest BCUT2D eigenvalue weighted by molar-refractivity contribution is 6.30. The van der Waals surface area contributed by atoms with E-state index in [2.05, 4.69) is 16.2 Å². The van der Waals surface area contributed by atoms with Crippen LogP contribution in [-0.2, 0) is 4.79 Å². The Morgan fingerprint density at radius 1 is 1.15 bits per heavy atom. The summed E-state index contributed by atoms with van der Waals surface area (Å²) >= 11 is 5.93. The van der Waals surface area contributed by atoms with Crippen molar-refractivity contribution in [2.75, 3.05) is 26.2 Å². The molecule has 0 aliphatic carbocycles. The number of nitrogens with zero attached hydrogens (tertiary/aromatic N) is 1. The zero-order chi connectivity index (χ0) is 18.1. The number of amides is 1. The van der Waals surface area contributed by atoms with Gasteiger partial charge in [-0.3, -0.25) is 10.2 Å². The largest absolute Gasteiger partial charge is 0.388 e. The fourth-order valence-corrected chi connectivity index (χ4v) is 4.65. The lowest BCUT2D eigenvalue weighted by Crippen LogP contribution is -2.52. The Kier molecular flexibility index (Phi) is 7.00. The molecule has 4 N–H and O–H groups in total. The summed E-state index contributed by atoms with van der Waals surface area (Å²) in [7, 11) is 0. The van der Waals surface area contributed by atoms with Crippen molar-refractivity contribution in [2.24, 2.45) is 11.8 Å². The molecule has 150 valence electrons. The van der Waals surface area contributed by atoms with Crippen molar-refractivity contribution in [3.63, 3.8) is 0 Å². The van der Waals surface area contributed by atoms with Crippen molar-refractivity contribution >= 4 is 29.9 Å². The van der Waals surface area contributed by atoms with Crippen LogP contribution in [0.5, 0.6) is 0 Å². The summed E-state index contributed by atoms with van der Waals surface area (Å²) in [5.74, 6) is 0.681. The van der Waals surface area contributed by atoms with Gasteiger partial charge in [-0.15, -0.1) is 12.4 Å². The van der Waals surface area contributed by atoms with Crippen LogP contribution in [0.3, 0.4) is 0 Å². The molecule has 4 atom stereocenters. The Labute approximate surface area is 171 Å². The van der Waals surface area contributed by atoms with E-state index in [-0.39, 0.29) is 30.3 Å². The summed E-state index contributed by atoms with van der Waals surface area (Å²) in [5.41, 5.74) is 7.41. The molecule has 0 spiro atoms. The maximum absolute atomic E-state index is 13.0. The number of hydrazine groups is 1. The topological polar surface area (TPSA) is 76.6 Å². The Hall–Kier alpha value is -0.890. The van der Waals surface area contributed by atoms with Gasteiger partial charge in [0.25, 0.3) is 0 Å². The number of aliphatic hydroxyl groups excluding tert-OH is 1. The molecule has 27 heavy (non-hydrogen) atoms. The first-order chi connectivity index (χ1) is 12.6. The number of carbonyl (C=O) groups is 1. The molecule has 0 bridgehead atoms. The van der Waals surface area contributed by atoms with Crippen molar-refractivity contribution in [1.29, 1.82) is 0 Å². The molecule has 6 nitrogen and oxygen atoms in total. The van der Waals surface area contributed by atoms with Crippen LogP contribution in [0.4, 0.5) is 0 Å². The molecule has 3 aliphatic heterocycles. The van der Waals surface area contributed by atoms with Gasteiger partial charge in [0.2, 0.25) is 5.91 Å². The van der Waals surface area contributed by atoms with E-state index in [1.54, 1.807) is 0 Å². The molecule has 0 radical (unpaired) electrons. The highest BCUT2D eigenvalue weighted by Crippen LogP contribution is 2.32. The quantitative estimate of drug-likeness (QED) is 0.602. The van der Waals surface area contributed by atoms with Crippen molar-refractivity contribution in [3.05, 3.63) is 34.9 Å². The van der Waals surface area contributed by atoms with Crippen LogP contribution in [0.15, 0.2) is 24.3 Å². The number of carbonyl (C=O) groups excluding carboxylic acids is 1. The van der Waals surface area contributed by atoms with E-state index in [0.29, 0.717) is 30.1 Å². The van der Waals surface area contributed by atoms with E-state index < -0.39 is 6.10 Å². The van der Waals surface area contributed by atoms with E-state index in [1.807, 2.05) is 29.2 Å². The smallest absolute Gasteiger partial charge is 0.241 e. The second-order valence-corrected chi connectivity index (χ2v) is 8.13. The minimum Gasteiger partial charge on any atom is -0.388 e. The van der Waals surface area contributed by atoms with Crippen LogP contribution in [0.2, 0.25) is 5.02 Å². The summed E-state index contributed by atoms with van der Waals surface area (Å²) in [5, 5.41) is 14.7. The molecule has 3 saturated heterocycles. The van der Waals surface area contributed by atoms with Gasteiger partial charge in [0.15, 0.2) is 0 Å². The fourth-order valence-electron chi connectivity index (χ4n) is 4.53. The highest BCUT2D eigenvalue weighted by atomic mass is 35.5. The molecule has 3 aliphatic rings. The van der Waals surface area contributed by atoms with Crippen LogP contribution in [-0.4, -0.2) is 54.2 Å². The van der Waals surface area contributed by atoms with E-state index >= 15 is 0 Å². The molecular formula is C19H28Cl2N4O2. The van der Waals surface area contributed by atoms with Crippen molar-refractivity contribution < 1.29 is 9.90 Å². The van der Waals surface area contributed by atoms with Gasteiger partial charge in [0.05, 0.1) is 6.10 Å². The third-order valence-corrected chi connectivity index (χ3v) is 6.41. The normalized spacial score (nSPS) is 29.7. The number of rotatable bonds is 3. The third kappa shape index (κ3) is 4.42. The van der Waals surface area contributed by atoms with E-state index in [1.165, 1.54) is 0 Å². The van der Waals surface area contributed by atoms with Gasteiger partial charge in [0, 0.05) is 36.6 Å². The van der Waals surface area contributed by atoms with Crippen LogP contribution in [0.1, 0.15) is 30.9 Å². The molecule has 4 unspecified atom stereocenters. The Morgan fingerprint density at radius 3 is 2.56 bits per heavy atom. The second kappa shape index (κ2) is 9.07. The SMILES string of the molecule is Cl.O=C(C1NNC2CCNCC21)N1CCC(C(O)c2ccc(Cl)cc2)CC1. The number of nitrogens with one attached hydrogen (secondary N) is 3. The molecule has 3 heterocycles. The van der Waals surface area contributed by atoms with Crippen molar-refractivity contribution in [1.82, 2.24) is 21.1 Å². The highest BCUT2D eigenvalue weighted by Gasteiger charge is 2.43. The minimum atomic E-state index is -0.497. The minimum absolute atomic E-state index is 0. The lowest BCUT2D eigenvalue weighted by molar-refractivity contribution is -0.136. The van der Waals surface area contributed by atoms with Crippen LogP contribution in [0, 0.1) is 11.8 Å². The average molecular weight is 415 g/mol. The Morgan fingerprint density at radius 2 is 1.85 bits per heavy atom. The van der Waals surface area contributed by atoms with E-state index in [0.717, 1.165) is 37.9 Å². The van der Waals surface area contributed by atoms with Gasteiger partial charge < -0.3 is 15.3 Å². The molecule has 1 amide bonds. The summed E-state index contributed by atoms with van der Waals surface area (Å²) < 4.78 is 0. The van der Waals surface area contributed by atoms with Gasteiger partial charge in [-0.2, -0.15) is 0 Å². The van der Waals surface area contributed by atoms with E-state index in [4.69, 9.17) is 11.6 Å². The first kappa shape index (κ1) is 20.8. The average Bonchev–Trinajstić information content (AvgIpc) is 3.12. The van der Waals surface area contributed by atoms with Crippen LogP contribution in [0.25, 0.3) is 0 Å². The number of hydrogen-bond acceptors (Lipinski definition) is 5. The molecular weight excluding hydrogens is 387 g/mol. The first-order valence-electron chi connectivity index (χ1n) is 9.57. The predicted molar refractivity (Wildman–Crippen MR) is 108 cm³/mol. The lowest BCUT2D eigenvalue weighted by Gasteiger charge is -2.37. The molecule has 3 fully saturated rings. The summed E-state index contributed by atoms with van der Waals surface area (Å²) in [6, 6.07) is 7.63. The Bertz CT molecular complexity index is 637. The molecule has 0 saturated carbocycles. The third-order valence-electron chi connectivity index (χ3n) is 6.16. The van der Waals surface area contributed by atoms with Crippen LogP contribution >= 0.6 is 24.0 Å². The zero-order valence-electron chi connectivity index (χ0n) is 15.2. The number of piperidine rings is 2. The molecule has 8 heteroatoms. The standard InChI is InChI=1S/C19H27ClN4O2.ClH/c20-14-3-1-12(2-4-14)18(25)13-6-9-24(10-7-13)19(26)17-15-11-21-8-5-16(15)22-23-17;/h1-4,13,15-18,21-23,25H,5-11H2;1H.